The SMILES string of the molecule is CCCn1cncc1CSc1cc(N)ccc1Cl. The number of aromatic nitrogens is 2. The Hall–Kier alpha value is -1.13. The van der Waals surface area contributed by atoms with Gasteiger partial charge in [0.25, 0.3) is 0 Å². The van der Waals surface area contributed by atoms with Crippen LogP contribution in [-0.2, 0) is 12.3 Å². The van der Waals surface area contributed by atoms with Crippen molar-refractivity contribution in [3.8, 4) is 0 Å². The number of benzene rings is 1. The Bertz CT molecular complexity index is 525. The molecule has 0 aliphatic carbocycles. The fourth-order valence-electron chi connectivity index (χ4n) is 1.69. The van der Waals surface area contributed by atoms with E-state index in [0.717, 1.165) is 34.3 Å². The predicted octanol–water partition coefficient (Wildman–Crippen LogP) is 3.82. The molecule has 1 heterocycles. The number of thioether (sulfide) groups is 1. The quantitative estimate of drug-likeness (QED) is 0.669. The van der Waals surface area contributed by atoms with Crippen molar-refractivity contribution in [1.82, 2.24) is 9.55 Å². The summed E-state index contributed by atoms with van der Waals surface area (Å²) in [4.78, 5) is 5.20. The molecule has 0 aliphatic heterocycles. The largest absolute Gasteiger partial charge is 0.399 e. The Morgan fingerprint density at radius 1 is 1.44 bits per heavy atom. The molecule has 0 saturated carbocycles. The summed E-state index contributed by atoms with van der Waals surface area (Å²) in [6.45, 7) is 3.16. The summed E-state index contributed by atoms with van der Waals surface area (Å²) < 4.78 is 2.17. The number of nitrogens with two attached hydrogens (primary N) is 1. The molecular formula is C13H16ClN3S. The molecule has 0 spiro atoms. The van der Waals surface area contributed by atoms with Gasteiger partial charge in [-0.2, -0.15) is 0 Å². The molecule has 0 unspecified atom stereocenters. The number of nitrogen functional groups attached to an aromatic ring is 1. The van der Waals surface area contributed by atoms with Gasteiger partial charge >= 0.3 is 0 Å². The lowest BCUT2D eigenvalue weighted by atomic mass is 10.3. The molecule has 0 aliphatic rings. The second-order valence-corrected chi connectivity index (χ2v) is 5.48. The number of aryl methyl sites for hydroxylation is 1. The smallest absolute Gasteiger partial charge is 0.0948 e. The summed E-state index contributed by atoms with van der Waals surface area (Å²) in [6.07, 6.45) is 4.89. The Kier molecular flexibility index (Phi) is 4.55. The number of halogens is 1. The molecule has 0 radical (unpaired) electrons. The minimum atomic E-state index is 0.740. The Balaban J connectivity index is 2.06. The zero-order valence-electron chi connectivity index (χ0n) is 10.3. The highest BCUT2D eigenvalue weighted by Crippen LogP contribution is 2.31. The van der Waals surface area contributed by atoms with Crippen LogP contribution in [0.2, 0.25) is 5.02 Å². The molecule has 18 heavy (non-hydrogen) atoms. The zero-order valence-corrected chi connectivity index (χ0v) is 11.8. The highest BCUT2D eigenvalue weighted by Gasteiger charge is 2.05. The first-order chi connectivity index (χ1) is 8.70. The lowest BCUT2D eigenvalue weighted by Gasteiger charge is -2.08. The van der Waals surface area contributed by atoms with Crippen molar-refractivity contribution in [1.29, 1.82) is 0 Å². The van der Waals surface area contributed by atoms with E-state index in [1.165, 1.54) is 5.69 Å². The molecule has 0 amide bonds. The van der Waals surface area contributed by atoms with E-state index in [1.54, 1.807) is 11.8 Å². The van der Waals surface area contributed by atoms with Gasteiger partial charge in [0.05, 0.1) is 11.3 Å². The van der Waals surface area contributed by atoms with Crippen LogP contribution >= 0.6 is 23.4 Å². The Morgan fingerprint density at radius 3 is 3.06 bits per heavy atom. The van der Waals surface area contributed by atoms with E-state index in [9.17, 15) is 0 Å². The van der Waals surface area contributed by atoms with Gasteiger partial charge in [-0.3, -0.25) is 0 Å². The van der Waals surface area contributed by atoms with Crippen LogP contribution in [0.1, 0.15) is 19.0 Å². The molecule has 0 saturated heterocycles. The van der Waals surface area contributed by atoms with E-state index in [-0.39, 0.29) is 0 Å². The monoisotopic (exact) mass is 281 g/mol. The molecule has 96 valence electrons. The highest BCUT2D eigenvalue weighted by atomic mass is 35.5. The summed E-state index contributed by atoms with van der Waals surface area (Å²) in [7, 11) is 0. The molecule has 2 rings (SSSR count). The maximum Gasteiger partial charge on any atom is 0.0948 e. The maximum atomic E-state index is 6.14. The lowest BCUT2D eigenvalue weighted by Crippen LogP contribution is -1.99. The van der Waals surface area contributed by atoms with Crippen molar-refractivity contribution < 1.29 is 0 Å². The van der Waals surface area contributed by atoms with Gasteiger partial charge in [0.2, 0.25) is 0 Å². The molecule has 1 aromatic carbocycles. The van der Waals surface area contributed by atoms with Crippen LogP contribution in [0, 0.1) is 0 Å². The maximum absolute atomic E-state index is 6.14. The van der Waals surface area contributed by atoms with E-state index in [2.05, 4.69) is 16.5 Å². The number of hydrogen-bond donors (Lipinski definition) is 1. The standard InChI is InChI=1S/C13H16ClN3S/c1-2-5-17-9-16-7-11(17)8-18-13-6-10(15)3-4-12(13)14/h3-4,6-7,9H,2,5,8,15H2,1H3. The second kappa shape index (κ2) is 6.16. The molecule has 3 nitrogen and oxygen atoms in total. The first-order valence-corrected chi connectivity index (χ1v) is 7.24. The van der Waals surface area contributed by atoms with Gasteiger partial charge in [0.1, 0.15) is 0 Å². The predicted molar refractivity (Wildman–Crippen MR) is 77.9 cm³/mol. The van der Waals surface area contributed by atoms with E-state index in [1.807, 2.05) is 30.7 Å². The highest BCUT2D eigenvalue weighted by molar-refractivity contribution is 7.98. The van der Waals surface area contributed by atoms with E-state index < -0.39 is 0 Å². The van der Waals surface area contributed by atoms with Crippen LogP contribution < -0.4 is 5.73 Å². The summed E-state index contributed by atoms with van der Waals surface area (Å²) in [5.74, 6) is 0.850. The molecule has 5 heteroatoms. The summed E-state index contributed by atoms with van der Waals surface area (Å²) in [5.41, 5.74) is 7.71. The Morgan fingerprint density at radius 2 is 2.28 bits per heavy atom. The fourth-order valence-corrected chi connectivity index (χ4v) is 2.94. The van der Waals surface area contributed by atoms with Crippen molar-refractivity contribution >= 4 is 29.1 Å². The molecule has 2 N–H and O–H groups in total. The van der Waals surface area contributed by atoms with Gasteiger partial charge in [0, 0.05) is 34.8 Å². The van der Waals surface area contributed by atoms with Gasteiger partial charge in [-0.05, 0) is 24.6 Å². The van der Waals surface area contributed by atoms with E-state index in [4.69, 9.17) is 17.3 Å². The van der Waals surface area contributed by atoms with Gasteiger partial charge < -0.3 is 10.3 Å². The summed E-state index contributed by atoms with van der Waals surface area (Å²) in [6, 6.07) is 5.56. The third kappa shape index (κ3) is 3.21. The molecule has 1 aromatic heterocycles. The van der Waals surface area contributed by atoms with E-state index in [0.29, 0.717) is 0 Å². The van der Waals surface area contributed by atoms with Gasteiger partial charge in [0.15, 0.2) is 0 Å². The number of hydrogen-bond acceptors (Lipinski definition) is 3. The van der Waals surface area contributed by atoms with Crippen LogP contribution in [0.5, 0.6) is 0 Å². The summed E-state index contributed by atoms with van der Waals surface area (Å²) >= 11 is 7.82. The second-order valence-electron chi connectivity index (χ2n) is 4.06. The summed E-state index contributed by atoms with van der Waals surface area (Å²) in [5, 5.41) is 0.746. The third-order valence-electron chi connectivity index (χ3n) is 2.59. The molecule has 0 fully saturated rings. The molecular weight excluding hydrogens is 266 g/mol. The van der Waals surface area contributed by atoms with Crippen molar-refractivity contribution in [3.63, 3.8) is 0 Å². The third-order valence-corrected chi connectivity index (χ3v) is 4.12. The average Bonchev–Trinajstić information content (AvgIpc) is 2.78. The van der Waals surface area contributed by atoms with Crippen LogP contribution in [0.15, 0.2) is 35.6 Å². The van der Waals surface area contributed by atoms with Crippen LogP contribution in [0.3, 0.4) is 0 Å². The fraction of sp³-hybridized carbons (Fsp3) is 0.308. The molecule has 2 aromatic rings. The van der Waals surface area contributed by atoms with Crippen molar-refractivity contribution in [2.24, 2.45) is 0 Å². The van der Waals surface area contributed by atoms with Gasteiger partial charge in [-0.25, -0.2) is 4.98 Å². The van der Waals surface area contributed by atoms with Crippen molar-refractivity contribution in [3.05, 3.63) is 41.4 Å². The Labute approximate surface area is 116 Å². The molecule has 0 atom stereocenters. The average molecular weight is 282 g/mol. The van der Waals surface area contributed by atoms with Gasteiger partial charge in [-0.1, -0.05) is 18.5 Å². The number of imidazole rings is 1. The minimum Gasteiger partial charge on any atom is -0.399 e. The van der Waals surface area contributed by atoms with Crippen LogP contribution in [0.4, 0.5) is 5.69 Å². The van der Waals surface area contributed by atoms with E-state index >= 15 is 0 Å². The first kappa shape index (κ1) is 13.3. The normalized spacial score (nSPS) is 10.8. The lowest BCUT2D eigenvalue weighted by molar-refractivity contribution is 0.659. The number of anilines is 1. The number of rotatable bonds is 5. The van der Waals surface area contributed by atoms with Gasteiger partial charge in [-0.15, -0.1) is 11.8 Å². The minimum absolute atomic E-state index is 0.740. The molecule has 0 bridgehead atoms. The zero-order chi connectivity index (χ0) is 13.0. The van der Waals surface area contributed by atoms with Crippen LogP contribution in [0.25, 0.3) is 0 Å². The topological polar surface area (TPSA) is 43.8 Å². The number of nitrogens with zero attached hydrogens (tertiary/aromatic N) is 2. The van der Waals surface area contributed by atoms with Crippen LogP contribution in [-0.4, -0.2) is 9.55 Å². The van der Waals surface area contributed by atoms with Crippen molar-refractivity contribution in [2.45, 2.75) is 30.5 Å². The first-order valence-electron chi connectivity index (χ1n) is 5.87. The van der Waals surface area contributed by atoms with Crippen molar-refractivity contribution in [2.75, 3.05) is 5.73 Å².